The molecule has 1 aliphatic rings. The van der Waals surface area contributed by atoms with Crippen molar-refractivity contribution in [3.8, 4) is 0 Å². The van der Waals surface area contributed by atoms with Crippen LogP contribution in [0.25, 0.3) is 11.0 Å². The number of amides is 1. The Bertz CT molecular complexity index is 732. The number of carbonyl (C=O) groups is 2. The zero-order valence-electron chi connectivity index (χ0n) is 12.2. The first-order valence-electron chi connectivity index (χ1n) is 7.13. The molecule has 0 bridgehead atoms. The fourth-order valence-corrected chi connectivity index (χ4v) is 2.74. The number of benzene rings is 1. The first-order valence-corrected chi connectivity index (χ1v) is 7.13. The van der Waals surface area contributed by atoms with Crippen LogP contribution < -0.4 is 5.73 Å². The number of imidazole rings is 1. The molecule has 22 heavy (non-hydrogen) atoms. The minimum atomic E-state index is -0.620. The molecule has 2 heterocycles. The molecule has 1 aromatic heterocycles. The molecule has 0 radical (unpaired) electrons. The highest BCUT2D eigenvalue weighted by Crippen LogP contribution is 2.29. The zero-order valence-corrected chi connectivity index (χ0v) is 12.2. The summed E-state index contributed by atoms with van der Waals surface area (Å²) in [6.45, 7) is 0.642. The van der Waals surface area contributed by atoms with Crippen LogP contribution in [0.5, 0.6) is 0 Å². The van der Waals surface area contributed by atoms with Gasteiger partial charge in [0.05, 0.1) is 23.7 Å². The van der Waals surface area contributed by atoms with Gasteiger partial charge >= 0.3 is 5.97 Å². The average Bonchev–Trinajstić information content (AvgIpc) is 2.93. The molecule has 1 aromatic carbocycles. The first kappa shape index (κ1) is 14.5. The maximum absolute atomic E-state index is 11.7. The second-order valence-corrected chi connectivity index (χ2v) is 5.19. The normalized spacial score (nSPS) is 18.3. The summed E-state index contributed by atoms with van der Waals surface area (Å²) >= 11 is 0. The fourth-order valence-electron chi connectivity index (χ4n) is 2.74. The molecule has 1 unspecified atom stereocenters. The van der Waals surface area contributed by atoms with Gasteiger partial charge in [0.25, 0.3) is 5.91 Å². The second kappa shape index (κ2) is 5.76. The lowest BCUT2D eigenvalue weighted by Gasteiger charge is -2.25. The lowest BCUT2D eigenvalue weighted by Crippen LogP contribution is -2.25. The van der Waals surface area contributed by atoms with Gasteiger partial charge in [-0.05, 0) is 37.5 Å². The molecule has 2 N–H and O–H groups in total. The van der Waals surface area contributed by atoms with Crippen LogP contribution in [0.15, 0.2) is 18.2 Å². The Kier molecular flexibility index (Phi) is 3.81. The molecule has 1 amide bonds. The third-order valence-corrected chi connectivity index (χ3v) is 3.77. The van der Waals surface area contributed by atoms with E-state index >= 15 is 0 Å². The molecule has 1 fully saturated rings. The minimum absolute atomic E-state index is 0.143. The Hall–Kier alpha value is -2.41. The Balaban J connectivity index is 2.13. The van der Waals surface area contributed by atoms with Crippen molar-refractivity contribution >= 4 is 22.9 Å². The van der Waals surface area contributed by atoms with Gasteiger partial charge in [0.15, 0.2) is 0 Å². The summed E-state index contributed by atoms with van der Waals surface area (Å²) in [5.74, 6) is -0.931. The van der Waals surface area contributed by atoms with Crippen LogP contribution >= 0.6 is 0 Å². The van der Waals surface area contributed by atoms with Gasteiger partial charge in [-0.3, -0.25) is 9.36 Å². The molecule has 0 aliphatic carbocycles. The van der Waals surface area contributed by atoms with E-state index in [0.717, 1.165) is 19.3 Å². The number of hydrogen-bond acceptors (Lipinski definition) is 5. The summed E-state index contributed by atoms with van der Waals surface area (Å²) in [6, 6.07) is 4.96. The van der Waals surface area contributed by atoms with Crippen LogP contribution in [0.2, 0.25) is 0 Å². The zero-order chi connectivity index (χ0) is 15.7. The van der Waals surface area contributed by atoms with Gasteiger partial charge in [0.1, 0.15) is 6.23 Å². The molecule has 7 heteroatoms. The van der Waals surface area contributed by atoms with E-state index in [2.05, 4.69) is 4.98 Å². The number of methoxy groups -OCH3 is 1. The first-order chi connectivity index (χ1) is 10.6. The number of fused-ring (bicyclic) bond motifs is 1. The van der Waals surface area contributed by atoms with Crippen molar-refractivity contribution in [1.29, 1.82) is 0 Å². The van der Waals surface area contributed by atoms with E-state index < -0.39 is 11.9 Å². The van der Waals surface area contributed by atoms with Crippen molar-refractivity contribution in [1.82, 2.24) is 9.55 Å². The lowest BCUT2D eigenvalue weighted by molar-refractivity contribution is -0.0305. The number of ether oxygens (including phenoxy) is 2. The van der Waals surface area contributed by atoms with E-state index in [4.69, 9.17) is 15.2 Å². The maximum atomic E-state index is 11.7. The monoisotopic (exact) mass is 303 g/mol. The second-order valence-electron chi connectivity index (χ2n) is 5.19. The van der Waals surface area contributed by atoms with E-state index in [1.807, 2.05) is 0 Å². The van der Waals surface area contributed by atoms with E-state index in [1.54, 1.807) is 22.8 Å². The number of esters is 1. The van der Waals surface area contributed by atoms with Gasteiger partial charge in [0.2, 0.25) is 5.82 Å². The van der Waals surface area contributed by atoms with E-state index in [0.29, 0.717) is 23.2 Å². The van der Waals surface area contributed by atoms with Gasteiger partial charge in [-0.1, -0.05) is 0 Å². The lowest BCUT2D eigenvalue weighted by atomic mass is 10.1. The summed E-state index contributed by atoms with van der Waals surface area (Å²) in [7, 11) is 1.32. The fraction of sp³-hybridized carbons (Fsp3) is 0.400. The van der Waals surface area contributed by atoms with Crippen molar-refractivity contribution in [2.45, 2.75) is 25.5 Å². The Morgan fingerprint density at radius 3 is 2.86 bits per heavy atom. The number of carbonyl (C=O) groups excluding carboxylic acids is 2. The molecule has 1 saturated heterocycles. The quantitative estimate of drug-likeness (QED) is 0.869. The standard InChI is InChI=1S/C15H17N3O4/c1-21-15(20)9-5-6-11-10(8-9)17-14(13(16)19)18(11)12-4-2-3-7-22-12/h5-6,8,12H,2-4,7H2,1H3,(H2,16,19). The molecule has 1 aliphatic heterocycles. The smallest absolute Gasteiger partial charge is 0.337 e. The highest BCUT2D eigenvalue weighted by Gasteiger charge is 2.25. The molecular weight excluding hydrogens is 286 g/mol. The number of rotatable bonds is 3. The van der Waals surface area contributed by atoms with Crippen molar-refractivity contribution < 1.29 is 19.1 Å². The van der Waals surface area contributed by atoms with Crippen LogP contribution in [0, 0.1) is 0 Å². The Labute approximate surface area is 127 Å². The maximum Gasteiger partial charge on any atom is 0.337 e. The van der Waals surface area contributed by atoms with Crippen LogP contribution in [-0.4, -0.2) is 35.1 Å². The number of hydrogen-bond donors (Lipinski definition) is 1. The number of nitrogens with zero attached hydrogens (tertiary/aromatic N) is 2. The Morgan fingerprint density at radius 1 is 1.41 bits per heavy atom. The molecular formula is C15H17N3O4. The van der Waals surface area contributed by atoms with Gasteiger partial charge in [-0.25, -0.2) is 9.78 Å². The van der Waals surface area contributed by atoms with E-state index in [-0.39, 0.29) is 12.1 Å². The van der Waals surface area contributed by atoms with Gasteiger partial charge < -0.3 is 15.2 Å². The van der Waals surface area contributed by atoms with Crippen molar-refractivity contribution in [2.24, 2.45) is 5.73 Å². The number of primary amides is 1. The molecule has 0 saturated carbocycles. The Morgan fingerprint density at radius 2 is 2.23 bits per heavy atom. The number of nitrogens with two attached hydrogens (primary N) is 1. The summed E-state index contributed by atoms with van der Waals surface area (Å²) in [6.07, 6.45) is 2.56. The van der Waals surface area contributed by atoms with Crippen molar-refractivity contribution in [3.63, 3.8) is 0 Å². The molecule has 1 atom stereocenters. The predicted octanol–water partition coefficient (Wildman–Crippen LogP) is 1.62. The van der Waals surface area contributed by atoms with Crippen LogP contribution in [0.3, 0.4) is 0 Å². The van der Waals surface area contributed by atoms with Crippen LogP contribution in [0.1, 0.15) is 46.5 Å². The molecule has 2 aromatic rings. The van der Waals surface area contributed by atoms with Crippen LogP contribution in [0.4, 0.5) is 0 Å². The summed E-state index contributed by atoms with van der Waals surface area (Å²) in [5.41, 5.74) is 7.05. The summed E-state index contributed by atoms with van der Waals surface area (Å²) in [4.78, 5) is 27.6. The highest BCUT2D eigenvalue weighted by molar-refractivity contribution is 5.97. The minimum Gasteiger partial charge on any atom is -0.465 e. The van der Waals surface area contributed by atoms with Crippen molar-refractivity contribution in [3.05, 3.63) is 29.6 Å². The highest BCUT2D eigenvalue weighted by atomic mass is 16.5. The van der Waals surface area contributed by atoms with Crippen molar-refractivity contribution in [2.75, 3.05) is 13.7 Å². The number of aromatic nitrogens is 2. The van der Waals surface area contributed by atoms with Gasteiger partial charge in [-0.15, -0.1) is 0 Å². The molecule has 116 valence electrons. The average molecular weight is 303 g/mol. The third kappa shape index (κ3) is 2.43. The van der Waals surface area contributed by atoms with Gasteiger partial charge in [0, 0.05) is 6.61 Å². The predicted molar refractivity (Wildman–Crippen MR) is 78.4 cm³/mol. The molecule has 3 rings (SSSR count). The largest absolute Gasteiger partial charge is 0.465 e. The van der Waals surface area contributed by atoms with Crippen LogP contribution in [-0.2, 0) is 9.47 Å². The summed E-state index contributed by atoms with van der Waals surface area (Å²) < 4.78 is 12.2. The molecule has 7 nitrogen and oxygen atoms in total. The SMILES string of the molecule is COC(=O)c1ccc2c(c1)nc(C(N)=O)n2C1CCCCO1. The third-order valence-electron chi connectivity index (χ3n) is 3.77. The topological polar surface area (TPSA) is 96.4 Å². The van der Waals surface area contributed by atoms with E-state index in [9.17, 15) is 9.59 Å². The molecule has 0 spiro atoms. The van der Waals surface area contributed by atoms with Gasteiger partial charge in [-0.2, -0.15) is 0 Å². The summed E-state index contributed by atoms with van der Waals surface area (Å²) in [5, 5.41) is 0. The van der Waals surface area contributed by atoms with E-state index in [1.165, 1.54) is 7.11 Å².